The molecular formula is C10H20O2. The second-order valence-corrected chi connectivity index (χ2v) is 4.17. The van der Waals surface area contributed by atoms with Gasteiger partial charge in [-0.1, -0.05) is 20.3 Å². The van der Waals surface area contributed by atoms with E-state index in [4.69, 9.17) is 9.47 Å². The van der Waals surface area contributed by atoms with Gasteiger partial charge in [0.05, 0.1) is 13.2 Å². The third kappa shape index (κ3) is 2.46. The summed E-state index contributed by atoms with van der Waals surface area (Å²) < 4.78 is 11.2. The van der Waals surface area contributed by atoms with Gasteiger partial charge in [0.1, 0.15) is 0 Å². The molecule has 1 rings (SSSR count). The van der Waals surface area contributed by atoms with Crippen LogP contribution in [-0.4, -0.2) is 19.0 Å². The SMILES string of the molecule is CC[C@H](C)C1COC(C)(C)OC1. The largest absolute Gasteiger partial charge is 0.350 e. The standard InChI is InChI=1S/C10H20O2/c1-5-8(2)9-6-11-10(3,4)12-7-9/h8-9H,5-7H2,1-4H3/t8-/m0/s1. The predicted octanol–water partition coefficient (Wildman–Crippen LogP) is 2.43. The van der Waals surface area contributed by atoms with Crippen LogP contribution >= 0.6 is 0 Å². The highest BCUT2D eigenvalue weighted by atomic mass is 16.7. The topological polar surface area (TPSA) is 18.5 Å². The van der Waals surface area contributed by atoms with Gasteiger partial charge in [-0.2, -0.15) is 0 Å². The molecule has 0 saturated carbocycles. The molecule has 1 fully saturated rings. The van der Waals surface area contributed by atoms with E-state index in [0.29, 0.717) is 11.8 Å². The molecule has 0 aromatic carbocycles. The lowest BCUT2D eigenvalue weighted by Crippen LogP contribution is -2.41. The molecule has 1 saturated heterocycles. The molecule has 0 radical (unpaired) electrons. The minimum atomic E-state index is -0.357. The molecule has 1 aliphatic heterocycles. The van der Waals surface area contributed by atoms with Crippen LogP contribution < -0.4 is 0 Å². The van der Waals surface area contributed by atoms with Crippen LogP contribution in [0.2, 0.25) is 0 Å². The zero-order chi connectivity index (χ0) is 9.19. The predicted molar refractivity (Wildman–Crippen MR) is 48.9 cm³/mol. The quantitative estimate of drug-likeness (QED) is 0.637. The Hall–Kier alpha value is -0.0800. The second-order valence-electron chi connectivity index (χ2n) is 4.17. The van der Waals surface area contributed by atoms with Crippen LogP contribution in [-0.2, 0) is 9.47 Å². The first-order valence-electron chi connectivity index (χ1n) is 4.83. The summed E-state index contributed by atoms with van der Waals surface area (Å²) in [5, 5.41) is 0. The third-order valence-corrected chi connectivity index (χ3v) is 2.74. The summed E-state index contributed by atoms with van der Waals surface area (Å²) in [4.78, 5) is 0. The van der Waals surface area contributed by atoms with Crippen molar-refractivity contribution in [2.24, 2.45) is 11.8 Å². The maximum atomic E-state index is 5.58. The Balaban J connectivity index is 2.36. The molecule has 1 atom stereocenters. The van der Waals surface area contributed by atoms with Gasteiger partial charge in [-0.05, 0) is 19.8 Å². The Morgan fingerprint density at radius 1 is 1.33 bits per heavy atom. The van der Waals surface area contributed by atoms with Crippen LogP contribution in [0, 0.1) is 11.8 Å². The number of ether oxygens (including phenoxy) is 2. The number of hydrogen-bond donors (Lipinski definition) is 0. The van der Waals surface area contributed by atoms with Crippen LogP contribution in [0.25, 0.3) is 0 Å². The van der Waals surface area contributed by atoms with E-state index in [1.165, 1.54) is 6.42 Å². The van der Waals surface area contributed by atoms with E-state index in [-0.39, 0.29) is 5.79 Å². The molecule has 1 aliphatic rings. The smallest absolute Gasteiger partial charge is 0.162 e. The molecule has 0 amide bonds. The summed E-state index contributed by atoms with van der Waals surface area (Å²) in [5.41, 5.74) is 0. The maximum Gasteiger partial charge on any atom is 0.162 e. The van der Waals surface area contributed by atoms with E-state index >= 15 is 0 Å². The summed E-state index contributed by atoms with van der Waals surface area (Å²) in [5.74, 6) is 0.938. The maximum absolute atomic E-state index is 5.58. The Morgan fingerprint density at radius 3 is 2.25 bits per heavy atom. The molecule has 0 aromatic heterocycles. The second kappa shape index (κ2) is 3.75. The lowest BCUT2D eigenvalue weighted by molar-refractivity contribution is -0.267. The molecule has 0 unspecified atom stereocenters. The van der Waals surface area contributed by atoms with Gasteiger partial charge in [-0.25, -0.2) is 0 Å². The van der Waals surface area contributed by atoms with Crippen LogP contribution in [0.5, 0.6) is 0 Å². The lowest BCUT2D eigenvalue weighted by atomic mass is 9.92. The van der Waals surface area contributed by atoms with E-state index in [2.05, 4.69) is 13.8 Å². The summed E-state index contributed by atoms with van der Waals surface area (Å²) in [6.45, 7) is 10.1. The van der Waals surface area contributed by atoms with Crippen LogP contribution in [0.15, 0.2) is 0 Å². The van der Waals surface area contributed by atoms with E-state index in [0.717, 1.165) is 13.2 Å². The van der Waals surface area contributed by atoms with Gasteiger partial charge in [-0.3, -0.25) is 0 Å². The fourth-order valence-electron chi connectivity index (χ4n) is 1.37. The van der Waals surface area contributed by atoms with Crippen molar-refractivity contribution in [2.45, 2.75) is 39.9 Å². The first-order chi connectivity index (χ1) is 5.55. The van der Waals surface area contributed by atoms with Crippen molar-refractivity contribution < 1.29 is 9.47 Å². The first-order valence-corrected chi connectivity index (χ1v) is 4.83. The van der Waals surface area contributed by atoms with Crippen LogP contribution in [0.3, 0.4) is 0 Å². The third-order valence-electron chi connectivity index (χ3n) is 2.74. The van der Waals surface area contributed by atoms with Gasteiger partial charge in [0.25, 0.3) is 0 Å². The van der Waals surface area contributed by atoms with E-state index < -0.39 is 0 Å². The Labute approximate surface area is 75.2 Å². The summed E-state index contributed by atoms with van der Waals surface area (Å²) in [6.07, 6.45) is 1.21. The molecule has 2 heteroatoms. The van der Waals surface area contributed by atoms with Gasteiger partial charge in [0, 0.05) is 5.92 Å². The summed E-state index contributed by atoms with van der Waals surface area (Å²) >= 11 is 0. The van der Waals surface area contributed by atoms with Crippen LogP contribution in [0.4, 0.5) is 0 Å². The number of rotatable bonds is 2. The van der Waals surface area contributed by atoms with Crippen molar-refractivity contribution in [3.63, 3.8) is 0 Å². The van der Waals surface area contributed by atoms with E-state index in [1.807, 2.05) is 13.8 Å². The fourth-order valence-corrected chi connectivity index (χ4v) is 1.37. The van der Waals surface area contributed by atoms with Crippen LogP contribution in [0.1, 0.15) is 34.1 Å². The highest BCUT2D eigenvalue weighted by Crippen LogP contribution is 2.26. The van der Waals surface area contributed by atoms with Gasteiger partial charge in [0.15, 0.2) is 5.79 Å². The Kier molecular flexibility index (Phi) is 3.13. The number of hydrogen-bond acceptors (Lipinski definition) is 2. The normalized spacial score (nSPS) is 27.0. The van der Waals surface area contributed by atoms with Crippen molar-refractivity contribution in [2.75, 3.05) is 13.2 Å². The van der Waals surface area contributed by atoms with Gasteiger partial charge in [0.2, 0.25) is 0 Å². The summed E-state index contributed by atoms with van der Waals surface area (Å²) in [7, 11) is 0. The highest BCUT2D eigenvalue weighted by molar-refractivity contribution is 4.71. The molecular weight excluding hydrogens is 152 g/mol. The Bertz CT molecular complexity index is 133. The molecule has 0 bridgehead atoms. The minimum Gasteiger partial charge on any atom is -0.350 e. The molecule has 2 nitrogen and oxygen atoms in total. The van der Waals surface area contributed by atoms with Gasteiger partial charge >= 0.3 is 0 Å². The highest BCUT2D eigenvalue weighted by Gasteiger charge is 2.30. The van der Waals surface area contributed by atoms with Crippen molar-refractivity contribution in [3.8, 4) is 0 Å². The molecule has 0 spiro atoms. The monoisotopic (exact) mass is 172 g/mol. The van der Waals surface area contributed by atoms with Gasteiger partial charge < -0.3 is 9.47 Å². The molecule has 0 aliphatic carbocycles. The molecule has 0 aromatic rings. The Morgan fingerprint density at radius 2 is 1.83 bits per heavy atom. The summed E-state index contributed by atoms with van der Waals surface area (Å²) in [6, 6.07) is 0. The first kappa shape index (κ1) is 10.0. The van der Waals surface area contributed by atoms with Crippen molar-refractivity contribution in [1.29, 1.82) is 0 Å². The fraction of sp³-hybridized carbons (Fsp3) is 1.00. The minimum absolute atomic E-state index is 0.357. The van der Waals surface area contributed by atoms with E-state index in [9.17, 15) is 0 Å². The zero-order valence-corrected chi connectivity index (χ0v) is 8.59. The molecule has 12 heavy (non-hydrogen) atoms. The average molecular weight is 172 g/mol. The van der Waals surface area contributed by atoms with Crippen molar-refractivity contribution in [1.82, 2.24) is 0 Å². The van der Waals surface area contributed by atoms with Crippen molar-refractivity contribution in [3.05, 3.63) is 0 Å². The molecule has 1 heterocycles. The lowest BCUT2D eigenvalue weighted by Gasteiger charge is -2.37. The molecule has 72 valence electrons. The van der Waals surface area contributed by atoms with E-state index in [1.54, 1.807) is 0 Å². The average Bonchev–Trinajstić information content (AvgIpc) is 2.03. The van der Waals surface area contributed by atoms with Gasteiger partial charge in [-0.15, -0.1) is 0 Å². The molecule has 0 N–H and O–H groups in total. The zero-order valence-electron chi connectivity index (χ0n) is 8.59. The van der Waals surface area contributed by atoms with Crippen molar-refractivity contribution >= 4 is 0 Å².